The summed E-state index contributed by atoms with van der Waals surface area (Å²) in [6.45, 7) is 7.58. The summed E-state index contributed by atoms with van der Waals surface area (Å²) in [6.07, 6.45) is -1.61. The summed E-state index contributed by atoms with van der Waals surface area (Å²) < 4.78 is 32.6. The molecule has 4 aliphatic rings. The summed E-state index contributed by atoms with van der Waals surface area (Å²) in [6, 6.07) is 14.8. The van der Waals surface area contributed by atoms with Crippen molar-refractivity contribution in [3.63, 3.8) is 0 Å². The third-order valence-corrected chi connectivity index (χ3v) is 20.1. The molecule has 18 N–H and O–H groups in total. The van der Waals surface area contributed by atoms with Crippen LogP contribution < -0.4 is 69.8 Å². The van der Waals surface area contributed by atoms with Crippen molar-refractivity contribution in [1.29, 1.82) is 0 Å². The normalized spacial score (nSPS) is 20.3. The number of rotatable bonds is 31. The molecule has 35 nitrogen and oxygen atoms in total. The number of thioether (sulfide) groups is 2. The van der Waals surface area contributed by atoms with Crippen molar-refractivity contribution < 1.29 is 106 Å². The van der Waals surface area contributed by atoms with Gasteiger partial charge in [-0.1, -0.05) is 36.4 Å². The zero-order valence-electron chi connectivity index (χ0n) is 63.0. The second-order valence-corrected chi connectivity index (χ2v) is 28.8. The number of unbranched alkanes of at least 4 members (excludes halogenated alkanes) is 1. The van der Waals surface area contributed by atoms with Crippen LogP contribution >= 0.6 is 23.5 Å². The number of likely N-dealkylation sites (N-methyl/N-ethyl adjacent to an activating group) is 1. The molecule has 9 amide bonds. The number of benzene rings is 4. The number of carbonyl (C=O) groups is 13. The number of ether oxygens (including phenoxy) is 6. The molecule has 1 spiro atoms. The van der Waals surface area contributed by atoms with Crippen LogP contribution in [-0.2, 0) is 99.8 Å². The number of hydrogen-bond donors (Lipinski definition) is 15. The molecule has 0 unspecified atom stereocenters. The lowest BCUT2D eigenvalue weighted by Crippen LogP contribution is -2.58. The maximum Gasteiger partial charge on any atom is 0.340 e. The number of carboxylic acid groups (broad SMARTS) is 1. The maximum atomic E-state index is 14.7. The predicted molar refractivity (Wildman–Crippen MR) is 414 cm³/mol. The fraction of sp³-hybridized carbons (Fsp3) is 0.500. The number of nitrogens with zero attached hydrogens (tertiary/aromatic N) is 1. The number of fused-ring (bicyclic) bond motifs is 11. The van der Waals surface area contributed by atoms with Gasteiger partial charge in [-0.2, -0.15) is 11.8 Å². The largest absolute Gasteiger partial charge is 0.508 e. The summed E-state index contributed by atoms with van der Waals surface area (Å²) in [5.41, 5.74) is 17.6. The molecule has 2 bridgehead atoms. The highest BCUT2D eigenvalue weighted by Crippen LogP contribution is 2.57. The van der Waals surface area contributed by atoms with Crippen LogP contribution in [0.25, 0.3) is 0 Å². The van der Waals surface area contributed by atoms with Gasteiger partial charge >= 0.3 is 11.9 Å². The van der Waals surface area contributed by atoms with Gasteiger partial charge in [-0.15, -0.1) is 11.8 Å². The minimum Gasteiger partial charge on any atom is -0.508 e. The van der Waals surface area contributed by atoms with E-state index in [4.69, 9.17) is 45.6 Å². The summed E-state index contributed by atoms with van der Waals surface area (Å²) in [4.78, 5) is 179. The lowest BCUT2D eigenvalue weighted by Gasteiger charge is -2.36. The first-order valence-corrected chi connectivity index (χ1v) is 39.5. The van der Waals surface area contributed by atoms with Crippen LogP contribution in [0.2, 0.25) is 0 Å². The van der Waals surface area contributed by atoms with E-state index in [0.29, 0.717) is 99.9 Å². The minimum atomic E-state index is -1.50. The van der Waals surface area contributed by atoms with Crippen LogP contribution in [0, 0.1) is 5.92 Å². The Morgan fingerprint density at radius 2 is 1.29 bits per heavy atom. The Morgan fingerprint density at radius 3 is 1.97 bits per heavy atom. The highest BCUT2D eigenvalue weighted by atomic mass is 32.2. The van der Waals surface area contributed by atoms with Crippen LogP contribution in [0.3, 0.4) is 0 Å². The second-order valence-electron chi connectivity index (χ2n) is 26.7. The first-order valence-electron chi connectivity index (χ1n) is 37.2. The molecule has 113 heavy (non-hydrogen) atoms. The maximum absolute atomic E-state index is 14.7. The third-order valence-electron chi connectivity index (χ3n) is 18.0. The number of aliphatic imine (C=N–C) groups is 1. The van der Waals surface area contributed by atoms with Gasteiger partial charge in [0.25, 0.3) is 0 Å². The van der Waals surface area contributed by atoms with Gasteiger partial charge in [0.2, 0.25) is 53.2 Å². The van der Waals surface area contributed by atoms with Gasteiger partial charge in [0.05, 0.1) is 62.7 Å². The molecule has 37 heteroatoms. The Kier molecular flexibility index (Phi) is 37.0. The van der Waals surface area contributed by atoms with Gasteiger partial charge in [0, 0.05) is 98.8 Å². The fourth-order valence-electron chi connectivity index (χ4n) is 12.5. The van der Waals surface area contributed by atoms with E-state index >= 15 is 0 Å². The van der Waals surface area contributed by atoms with Crippen molar-refractivity contribution in [1.82, 2.24) is 47.9 Å². The number of phenols is 2. The van der Waals surface area contributed by atoms with Crippen LogP contribution in [-0.4, -0.2) is 236 Å². The Labute approximate surface area is 661 Å². The van der Waals surface area contributed by atoms with Gasteiger partial charge in [0.15, 0.2) is 17.3 Å². The van der Waals surface area contributed by atoms with Gasteiger partial charge in [-0.25, -0.2) is 4.79 Å². The molecule has 614 valence electrons. The van der Waals surface area contributed by atoms with E-state index in [1.54, 1.807) is 61.5 Å². The van der Waals surface area contributed by atoms with E-state index in [0.717, 1.165) is 29.1 Å². The number of guanidine groups is 1. The van der Waals surface area contributed by atoms with Crippen LogP contribution in [0.4, 0.5) is 0 Å². The number of ketones is 2. The minimum absolute atomic E-state index is 0.00169. The Morgan fingerprint density at radius 1 is 0.628 bits per heavy atom. The number of nitrogens with one attached hydrogen (secondary N) is 9. The molecule has 4 heterocycles. The number of aliphatic carboxylic acids is 1. The SMILES string of the molecule is CCNC(=O)[C@@H]1CSCC(=O)N[C@H](CCCCNCc2ccc3c(c2)C2(OC3=O)c3ccc(O)cc3Oc3cc(O)ccc32)C(=O)N[C@H]2CCSC[C@H](NC(=O)[C@@H](CC(=O)O)CC(=O)CCC(=O)[C@@H](CCCN=C(N)N)NC2=O)C(=O)N[C@H](Cc2ccccc2)C(=O)N1.CCOCCOCCOCCNC(=O)COCC(N)=O. The predicted octanol–water partition coefficient (Wildman–Crippen LogP) is 0.224. The second kappa shape index (κ2) is 46.5. The monoisotopic (exact) mass is 1610 g/mol. The lowest BCUT2D eigenvalue weighted by molar-refractivity contribution is -0.142. The van der Waals surface area contributed by atoms with Crippen LogP contribution in [0.5, 0.6) is 23.0 Å². The Bertz CT molecular complexity index is 3950. The molecule has 0 saturated carbocycles. The standard InChI is InChI=1S/C64H77N11O16S2.C12H24N2O6/c1-2-68-57(84)49-33-93-34-54(80)70-46(11-6-7-22-67-31-36-13-17-41-44(25-36)64(91-62(41)89)42-18-14-39(77)29-52(42)90-53-30-40(78)15-19-43(53)64)58(85)72-47-21-24-92-32-50(61(88)73-48(60(87)75-49)26-35-9-4-3-5-10-35)74-56(83)37(28-55(81)82)27-38(76)16-20-51(79)45(71-59(47)86)12-8-23-69-63(65)66;1-2-17-5-6-19-8-7-18-4-3-14-12(16)10-20-9-11(13)15/h3-5,9-10,13-15,17-19,25,29-30,37,45-50,67,77-78H,2,6-8,11-12,16,20-24,26-28,31-34H2,1H3,(H,68,84)(H,70,80)(H,71,86)(H,72,85)(H,73,88)(H,74,83)(H,75,87)(H,81,82)(H4,65,66,69);2-10H2,1H3,(H2,13,15)(H,14,16)/t37-,45-,46-,47+,48-,49+,50+;/m1./s1. The van der Waals surface area contributed by atoms with E-state index in [-0.39, 0.29) is 116 Å². The topological polar surface area (TPSA) is 537 Å². The first-order chi connectivity index (χ1) is 54.3. The summed E-state index contributed by atoms with van der Waals surface area (Å²) in [7, 11) is 0. The molecule has 0 aromatic heterocycles. The van der Waals surface area contributed by atoms with Crippen LogP contribution in [0.15, 0.2) is 89.9 Å². The smallest absolute Gasteiger partial charge is 0.340 e. The number of amides is 9. The van der Waals surface area contributed by atoms with E-state index in [2.05, 4.69) is 52.8 Å². The van der Waals surface area contributed by atoms with Crippen LogP contribution in [0.1, 0.15) is 116 Å². The number of Topliss-reactive ketones (excluding diaryl/α,β-unsaturated/α-hetero) is 2. The molecule has 0 radical (unpaired) electrons. The van der Waals surface area contributed by atoms with Gasteiger partial charge in [-0.05, 0) is 112 Å². The Balaban J connectivity index is 0.000000774. The van der Waals surface area contributed by atoms with E-state index in [1.807, 2.05) is 13.0 Å². The number of hydrogen-bond acceptors (Lipinski definition) is 25. The molecule has 8 rings (SSSR count). The molecule has 2 saturated heterocycles. The van der Waals surface area contributed by atoms with Crippen molar-refractivity contribution in [2.75, 3.05) is 102 Å². The zero-order chi connectivity index (χ0) is 81.8. The van der Waals surface area contributed by atoms with E-state index < -0.39 is 144 Å². The van der Waals surface area contributed by atoms with Gasteiger partial charge < -0.3 is 109 Å². The number of carboxylic acids is 1. The molecule has 4 aromatic rings. The molecule has 7 atom stereocenters. The summed E-state index contributed by atoms with van der Waals surface area (Å²) in [5, 5.41) is 55.7. The summed E-state index contributed by atoms with van der Waals surface area (Å²) in [5.74, 6) is -11.8. The Hall–Kier alpha value is -10.4. The zero-order valence-corrected chi connectivity index (χ0v) is 64.7. The number of aromatic hydroxyl groups is 2. The first kappa shape index (κ1) is 89.8. The van der Waals surface area contributed by atoms with Gasteiger partial charge in [0.1, 0.15) is 72.2 Å². The highest BCUT2D eigenvalue weighted by Gasteiger charge is 2.54. The molecule has 2 fully saturated rings. The average molecular weight is 1610 g/mol. The van der Waals surface area contributed by atoms with Crippen molar-refractivity contribution >= 4 is 106 Å². The molecular weight excluding hydrogens is 1510 g/mol. The van der Waals surface area contributed by atoms with Crippen molar-refractivity contribution in [2.45, 2.75) is 133 Å². The number of nitrogens with two attached hydrogens (primary N) is 3. The average Bonchev–Trinajstić information content (AvgIpc) is 1.54. The molecule has 4 aliphatic heterocycles. The number of carbonyl (C=O) groups excluding carboxylic acids is 12. The molecule has 4 aromatic carbocycles. The number of esters is 1. The summed E-state index contributed by atoms with van der Waals surface area (Å²) >= 11 is 2.02. The fourth-order valence-corrected chi connectivity index (χ4v) is 14.4. The number of primary amides is 1. The highest BCUT2D eigenvalue weighted by molar-refractivity contribution is 8.00. The third kappa shape index (κ3) is 28.9. The quantitative estimate of drug-likeness (QED) is 0.0139. The van der Waals surface area contributed by atoms with Crippen molar-refractivity contribution in [3.05, 3.63) is 118 Å². The lowest BCUT2D eigenvalue weighted by atomic mass is 9.77. The van der Waals surface area contributed by atoms with Crippen molar-refractivity contribution in [2.24, 2.45) is 28.1 Å². The number of phenolic OH excluding ortho intramolecular Hbond substituents is 2. The van der Waals surface area contributed by atoms with E-state index in [9.17, 15) is 77.6 Å². The van der Waals surface area contributed by atoms with Gasteiger partial charge in [-0.3, -0.25) is 62.5 Å². The van der Waals surface area contributed by atoms with Crippen molar-refractivity contribution in [3.8, 4) is 23.0 Å². The molecule has 0 aliphatic carbocycles. The molecular formula is C76H101N13O22S2. The van der Waals surface area contributed by atoms with E-state index in [1.165, 1.54) is 24.3 Å².